The molecular formula is C11H18ClN3. The highest BCUT2D eigenvalue weighted by molar-refractivity contribution is 6.20. The van der Waals surface area contributed by atoms with Crippen molar-refractivity contribution in [2.45, 2.75) is 31.2 Å². The molecule has 3 nitrogen and oxygen atoms in total. The first-order chi connectivity index (χ1) is 7.25. The van der Waals surface area contributed by atoms with Crippen molar-refractivity contribution in [2.75, 3.05) is 6.54 Å². The highest BCUT2D eigenvalue weighted by Gasteiger charge is 2.24. The zero-order chi connectivity index (χ0) is 10.7. The Morgan fingerprint density at radius 2 is 2.47 bits per heavy atom. The number of hydrogen-bond acceptors (Lipinski definition) is 2. The Bertz CT molecular complexity index is 311. The summed E-state index contributed by atoms with van der Waals surface area (Å²) >= 11 is 6.20. The van der Waals surface area contributed by atoms with Crippen molar-refractivity contribution < 1.29 is 0 Å². The van der Waals surface area contributed by atoms with Crippen LogP contribution in [-0.2, 0) is 13.6 Å². The van der Waals surface area contributed by atoms with Crippen LogP contribution >= 0.6 is 11.6 Å². The molecule has 0 spiro atoms. The van der Waals surface area contributed by atoms with Crippen LogP contribution in [0.1, 0.15) is 25.0 Å². The van der Waals surface area contributed by atoms with Gasteiger partial charge in [0, 0.05) is 25.2 Å². The normalized spacial score (nSPS) is 26.0. The molecule has 1 aromatic rings. The van der Waals surface area contributed by atoms with Gasteiger partial charge < -0.3 is 5.32 Å². The van der Waals surface area contributed by atoms with Crippen molar-refractivity contribution in [3.8, 4) is 0 Å². The van der Waals surface area contributed by atoms with E-state index in [4.69, 9.17) is 11.6 Å². The van der Waals surface area contributed by atoms with Gasteiger partial charge in [0.25, 0.3) is 0 Å². The molecule has 1 aliphatic carbocycles. The van der Waals surface area contributed by atoms with Gasteiger partial charge in [-0.05, 0) is 31.4 Å². The smallest absolute Gasteiger partial charge is 0.0762 e. The lowest BCUT2D eigenvalue weighted by Gasteiger charge is -2.13. The highest BCUT2D eigenvalue weighted by Crippen LogP contribution is 2.29. The van der Waals surface area contributed by atoms with Crippen LogP contribution in [0.5, 0.6) is 0 Å². The van der Waals surface area contributed by atoms with E-state index in [0.717, 1.165) is 18.8 Å². The van der Waals surface area contributed by atoms with Gasteiger partial charge >= 0.3 is 0 Å². The van der Waals surface area contributed by atoms with Gasteiger partial charge in [-0.1, -0.05) is 6.42 Å². The predicted octanol–water partition coefficient (Wildman–Crippen LogP) is 1.92. The Morgan fingerprint density at radius 1 is 1.60 bits per heavy atom. The van der Waals surface area contributed by atoms with Crippen molar-refractivity contribution in [3.05, 3.63) is 18.0 Å². The third-order valence-electron chi connectivity index (χ3n) is 3.05. The van der Waals surface area contributed by atoms with E-state index < -0.39 is 0 Å². The monoisotopic (exact) mass is 227 g/mol. The fraction of sp³-hybridized carbons (Fsp3) is 0.727. The predicted molar refractivity (Wildman–Crippen MR) is 61.9 cm³/mol. The summed E-state index contributed by atoms with van der Waals surface area (Å²) in [5, 5.41) is 8.12. The number of nitrogens with one attached hydrogen (secondary N) is 1. The van der Waals surface area contributed by atoms with E-state index in [1.807, 2.05) is 24.0 Å². The minimum atomic E-state index is 0.376. The van der Waals surface area contributed by atoms with Crippen LogP contribution in [0, 0.1) is 5.92 Å². The third-order valence-corrected chi connectivity index (χ3v) is 3.62. The summed E-state index contributed by atoms with van der Waals surface area (Å²) in [6.45, 7) is 1.87. The standard InChI is InChI=1S/C11H18ClN3/c1-15-6-5-10(14-15)8-13-7-9-3-2-4-11(9)12/h5-6,9,11,13H,2-4,7-8H2,1H3. The molecule has 1 fully saturated rings. The van der Waals surface area contributed by atoms with Crippen LogP contribution in [0.3, 0.4) is 0 Å². The molecule has 1 aromatic heterocycles. The second kappa shape index (κ2) is 4.99. The van der Waals surface area contributed by atoms with Gasteiger partial charge in [0.05, 0.1) is 5.69 Å². The molecule has 0 aromatic carbocycles. The molecule has 1 saturated carbocycles. The lowest BCUT2D eigenvalue weighted by Crippen LogP contribution is -2.25. The first-order valence-electron chi connectivity index (χ1n) is 5.59. The summed E-state index contributed by atoms with van der Waals surface area (Å²) in [5.41, 5.74) is 1.10. The average molecular weight is 228 g/mol. The van der Waals surface area contributed by atoms with Crippen molar-refractivity contribution in [3.63, 3.8) is 0 Å². The molecule has 2 atom stereocenters. The highest BCUT2D eigenvalue weighted by atomic mass is 35.5. The fourth-order valence-electron chi connectivity index (χ4n) is 2.16. The summed E-state index contributed by atoms with van der Waals surface area (Å²) in [6, 6.07) is 2.04. The lowest BCUT2D eigenvalue weighted by atomic mass is 10.1. The molecule has 84 valence electrons. The van der Waals surface area contributed by atoms with Gasteiger partial charge in [0.15, 0.2) is 0 Å². The third kappa shape index (κ3) is 2.95. The lowest BCUT2D eigenvalue weighted by molar-refractivity contribution is 0.490. The van der Waals surface area contributed by atoms with Crippen LogP contribution in [0.4, 0.5) is 0 Å². The summed E-state index contributed by atoms with van der Waals surface area (Å²) < 4.78 is 1.83. The Kier molecular flexibility index (Phi) is 3.65. The molecule has 1 heterocycles. The minimum Gasteiger partial charge on any atom is -0.311 e. The summed E-state index contributed by atoms with van der Waals surface area (Å²) in [5.74, 6) is 0.648. The number of rotatable bonds is 4. The largest absolute Gasteiger partial charge is 0.311 e. The van der Waals surface area contributed by atoms with Gasteiger partial charge in [0.1, 0.15) is 0 Å². The molecular weight excluding hydrogens is 210 g/mol. The molecule has 0 saturated heterocycles. The molecule has 15 heavy (non-hydrogen) atoms. The number of halogens is 1. The number of hydrogen-bond donors (Lipinski definition) is 1. The Balaban J connectivity index is 1.70. The number of aromatic nitrogens is 2. The zero-order valence-electron chi connectivity index (χ0n) is 9.12. The molecule has 4 heteroatoms. The molecule has 1 aliphatic rings. The van der Waals surface area contributed by atoms with Crippen LogP contribution < -0.4 is 5.32 Å². The second-order valence-electron chi connectivity index (χ2n) is 4.32. The Morgan fingerprint density at radius 3 is 3.07 bits per heavy atom. The van der Waals surface area contributed by atoms with Crippen molar-refractivity contribution in [1.29, 1.82) is 0 Å². The van der Waals surface area contributed by atoms with E-state index in [1.54, 1.807) is 0 Å². The number of nitrogens with zero attached hydrogens (tertiary/aromatic N) is 2. The van der Waals surface area contributed by atoms with Crippen molar-refractivity contribution >= 4 is 11.6 Å². The minimum absolute atomic E-state index is 0.376. The molecule has 0 radical (unpaired) electrons. The van der Waals surface area contributed by atoms with Crippen LogP contribution in [0.25, 0.3) is 0 Å². The summed E-state index contributed by atoms with van der Waals surface area (Å²) in [6.07, 6.45) is 5.70. The van der Waals surface area contributed by atoms with E-state index >= 15 is 0 Å². The Hall–Kier alpha value is -0.540. The maximum Gasteiger partial charge on any atom is 0.0762 e. The number of alkyl halides is 1. The summed E-state index contributed by atoms with van der Waals surface area (Å²) in [7, 11) is 1.94. The average Bonchev–Trinajstić information content (AvgIpc) is 2.77. The maximum absolute atomic E-state index is 6.20. The summed E-state index contributed by atoms with van der Waals surface area (Å²) in [4.78, 5) is 0. The first-order valence-corrected chi connectivity index (χ1v) is 6.02. The van der Waals surface area contributed by atoms with E-state index in [1.165, 1.54) is 19.3 Å². The van der Waals surface area contributed by atoms with Gasteiger partial charge in [-0.3, -0.25) is 4.68 Å². The molecule has 2 unspecified atom stereocenters. The SMILES string of the molecule is Cn1ccc(CNCC2CCCC2Cl)n1. The maximum atomic E-state index is 6.20. The van der Waals surface area contributed by atoms with Crippen LogP contribution in [0.2, 0.25) is 0 Å². The van der Waals surface area contributed by atoms with E-state index in [2.05, 4.69) is 10.4 Å². The quantitative estimate of drug-likeness (QED) is 0.797. The van der Waals surface area contributed by atoms with Gasteiger partial charge in [-0.15, -0.1) is 11.6 Å². The fourth-order valence-corrected chi connectivity index (χ4v) is 2.53. The van der Waals surface area contributed by atoms with Gasteiger partial charge in [0.2, 0.25) is 0 Å². The zero-order valence-corrected chi connectivity index (χ0v) is 9.87. The molecule has 1 N–H and O–H groups in total. The number of aryl methyl sites for hydroxylation is 1. The Labute approximate surface area is 95.8 Å². The molecule has 0 bridgehead atoms. The van der Waals surface area contributed by atoms with Gasteiger partial charge in [-0.2, -0.15) is 5.10 Å². The first kappa shape index (κ1) is 11.0. The van der Waals surface area contributed by atoms with Crippen molar-refractivity contribution in [2.24, 2.45) is 13.0 Å². The van der Waals surface area contributed by atoms with E-state index in [-0.39, 0.29) is 0 Å². The van der Waals surface area contributed by atoms with Gasteiger partial charge in [-0.25, -0.2) is 0 Å². The molecule has 2 rings (SSSR count). The van der Waals surface area contributed by atoms with Crippen LogP contribution in [0.15, 0.2) is 12.3 Å². The van der Waals surface area contributed by atoms with Crippen molar-refractivity contribution in [1.82, 2.24) is 15.1 Å². The molecule has 0 aliphatic heterocycles. The molecule has 0 amide bonds. The van der Waals surface area contributed by atoms with E-state index in [0.29, 0.717) is 11.3 Å². The topological polar surface area (TPSA) is 29.9 Å². The van der Waals surface area contributed by atoms with Crippen LogP contribution in [-0.4, -0.2) is 21.7 Å². The second-order valence-corrected chi connectivity index (χ2v) is 4.88. The van der Waals surface area contributed by atoms with E-state index in [9.17, 15) is 0 Å².